The quantitative estimate of drug-likeness (QED) is 0.299. The average molecular weight is 532 g/mol. The van der Waals surface area contributed by atoms with Crippen LogP contribution in [-0.2, 0) is 6.42 Å². The molecule has 0 atom stereocenters. The molecule has 3 heterocycles. The van der Waals surface area contributed by atoms with Gasteiger partial charge in [-0.2, -0.15) is 5.10 Å². The minimum absolute atomic E-state index is 0. The molecule has 0 unspecified atom stereocenters. The van der Waals surface area contributed by atoms with Gasteiger partial charge in [-0.3, -0.25) is 4.99 Å². The summed E-state index contributed by atoms with van der Waals surface area (Å²) >= 11 is 0. The molecule has 0 spiro atoms. The first kappa shape index (κ1) is 23.0. The number of piperazine rings is 1. The molecule has 0 aliphatic carbocycles. The van der Waals surface area contributed by atoms with E-state index < -0.39 is 0 Å². The molecule has 1 aliphatic heterocycles. The molecule has 1 aromatic carbocycles. The first-order valence-corrected chi connectivity index (χ1v) is 10.5. The number of guanidine groups is 1. The van der Waals surface area contributed by atoms with Gasteiger partial charge in [0, 0.05) is 57.9 Å². The molecule has 0 radical (unpaired) electrons. The van der Waals surface area contributed by atoms with E-state index in [1.165, 1.54) is 5.56 Å². The molecule has 9 heteroatoms. The number of nitrogens with zero attached hydrogens (tertiary/aromatic N) is 7. The van der Waals surface area contributed by atoms with Crippen LogP contribution in [0.5, 0.6) is 0 Å². The SMILES string of the molecule is CCNC(=NCCc1cnn(-c2ccccc2)c1)N1CCN(c2ncccn2)CC1.I. The van der Waals surface area contributed by atoms with Gasteiger partial charge in [-0.05, 0) is 37.1 Å². The van der Waals surface area contributed by atoms with Crippen molar-refractivity contribution in [3.63, 3.8) is 0 Å². The van der Waals surface area contributed by atoms with Gasteiger partial charge in [0.2, 0.25) is 5.95 Å². The molecule has 0 amide bonds. The molecular formula is C22H29IN8. The van der Waals surface area contributed by atoms with E-state index in [1.807, 2.05) is 35.1 Å². The Hall–Kier alpha value is -2.69. The number of rotatable bonds is 6. The number of halogens is 1. The smallest absolute Gasteiger partial charge is 0.225 e. The Kier molecular flexibility index (Phi) is 8.63. The molecule has 8 nitrogen and oxygen atoms in total. The second-order valence-electron chi connectivity index (χ2n) is 7.14. The van der Waals surface area contributed by atoms with Crippen molar-refractivity contribution in [2.75, 3.05) is 44.2 Å². The van der Waals surface area contributed by atoms with Crippen molar-refractivity contribution >= 4 is 35.9 Å². The van der Waals surface area contributed by atoms with Crippen LogP contribution in [-0.4, -0.2) is 69.9 Å². The Labute approximate surface area is 200 Å². The summed E-state index contributed by atoms with van der Waals surface area (Å²) in [7, 11) is 0. The molecule has 1 N–H and O–H groups in total. The Bertz CT molecular complexity index is 936. The van der Waals surface area contributed by atoms with Gasteiger partial charge in [0.05, 0.1) is 11.9 Å². The molecule has 31 heavy (non-hydrogen) atoms. The summed E-state index contributed by atoms with van der Waals surface area (Å²) in [5.74, 6) is 1.77. The van der Waals surface area contributed by atoms with E-state index in [0.717, 1.165) is 63.3 Å². The lowest BCUT2D eigenvalue weighted by molar-refractivity contribution is 0.370. The zero-order chi connectivity index (χ0) is 20.6. The van der Waals surface area contributed by atoms with Crippen LogP contribution in [0.15, 0.2) is 66.2 Å². The van der Waals surface area contributed by atoms with Crippen LogP contribution in [0.4, 0.5) is 5.95 Å². The van der Waals surface area contributed by atoms with E-state index in [1.54, 1.807) is 12.4 Å². The first-order valence-electron chi connectivity index (χ1n) is 10.5. The van der Waals surface area contributed by atoms with Crippen molar-refractivity contribution in [3.8, 4) is 5.69 Å². The average Bonchev–Trinajstić information content (AvgIpc) is 3.29. The fraction of sp³-hybridized carbons (Fsp3) is 0.364. The predicted octanol–water partition coefficient (Wildman–Crippen LogP) is 2.61. The number of para-hydroxylation sites is 1. The molecule has 164 valence electrons. The van der Waals surface area contributed by atoms with Gasteiger partial charge in [-0.15, -0.1) is 24.0 Å². The van der Waals surface area contributed by atoms with Crippen molar-refractivity contribution in [2.45, 2.75) is 13.3 Å². The maximum absolute atomic E-state index is 4.86. The van der Waals surface area contributed by atoms with E-state index >= 15 is 0 Å². The number of anilines is 1. The maximum atomic E-state index is 4.86. The van der Waals surface area contributed by atoms with Gasteiger partial charge >= 0.3 is 0 Å². The minimum Gasteiger partial charge on any atom is -0.357 e. The van der Waals surface area contributed by atoms with Crippen LogP contribution in [0.1, 0.15) is 12.5 Å². The lowest BCUT2D eigenvalue weighted by Crippen LogP contribution is -2.53. The van der Waals surface area contributed by atoms with Gasteiger partial charge in [0.25, 0.3) is 0 Å². The monoisotopic (exact) mass is 532 g/mol. The fourth-order valence-corrected chi connectivity index (χ4v) is 3.50. The third kappa shape index (κ3) is 6.16. The van der Waals surface area contributed by atoms with E-state index in [0.29, 0.717) is 0 Å². The summed E-state index contributed by atoms with van der Waals surface area (Å²) in [6.45, 7) is 7.26. The predicted molar refractivity (Wildman–Crippen MR) is 134 cm³/mol. The van der Waals surface area contributed by atoms with E-state index in [2.05, 4.69) is 55.4 Å². The zero-order valence-electron chi connectivity index (χ0n) is 17.8. The Morgan fingerprint density at radius 2 is 1.77 bits per heavy atom. The molecule has 2 aromatic heterocycles. The van der Waals surface area contributed by atoms with Gasteiger partial charge in [-0.25, -0.2) is 14.6 Å². The van der Waals surface area contributed by atoms with Gasteiger partial charge < -0.3 is 15.1 Å². The highest BCUT2D eigenvalue weighted by molar-refractivity contribution is 14.0. The molecule has 1 saturated heterocycles. The van der Waals surface area contributed by atoms with Crippen molar-refractivity contribution < 1.29 is 0 Å². The summed E-state index contributed by atoms with van der Waals surface area (Å²) in [6, 6.07) is 12.0. The highest BCUT2D eigenvalue weighted by Crippen LogP contribution is 2.11. The van der Waals surface area contributed by atoms with Crippen LogP contribution < -0.4 is 10.2 Å². The molecule has 3 aromatic rings. The van der Waals surface area contributed by atoms with Crippen LogP contribution in [0.3, 0.4) is 0 Å². The highest BCUT2D eigenvalue weighted by Gasteiger charge is 2.20. The van der Waals surface area contributed by atoms with Gasteiger partial charge in [0.1, 0.15) is 0 Å². The topological polar surface area (TPSA) is 74.5 Å². The Balaban J connectivity index is 0.00000272. The third-order valence-electron chi connectivity index (χ3n) is 5.07. The molecule has 1 aliphatic rings. The van der Waals surface area contributed by atoms with Crippen molar-refractivity contribution in [1.82, 2.24) is 30.0 Å². The van der Waals surface area contributed by atoms with E-state index in [-0.39, 0.29) is 24.0 Å². The Morgan fingerprint density at radius 1 is 1.03 bits per heavy atom. The second-order valence-corrected chi connectivity index (χ2v) is 7.14. The lowest BCUT2D eigenvalue weighted by atomic mass is 10.2. The minimum atomic E-state index is 0. The van der Waals surface area contributed by atoms with Gasteiger partial charge in [-0.1, -0.05) is 18.2 Å². The molecule has 4 rings (SSSR count). The number of aromatic nitrogens is 4. The molecule has 0 saturated carbocycles. The number of benzene rings is 1. The summed E-state index contributed by atoms with van der Waals surface area (Å²) in [5, 5.41) is 7.90. The zero-order valence-corrected chi connectivity index (χ0v) is 20.1. The summed E-state index contributed by atoms with van der Waals surface area (Å²) < 4.78 is 1.91. The van der Waals surface area contributed by atoms with Crippen LogP contribution in [0, 0.1) is 0 Å². The van der Waals surface area contributed by atoms with Crippen LogP contribution in [0.25, 0.3) is 5.69 Å². The largest absolute Gasteiger partial charge is 0.357 e. The summed E-state index contributed by atoms with van der Waals surface area (Å²) in [5.41, 5.74) is 2.25. The number of hydrogen-bond acceptors (Lipinski definition) is 5. The number of hydrogen-bond donors (Lipinski definition) is 1. The van der Waals surface area contributed by atoms with Gasteiger partial charge in [0.15, 0.2) is 5.96 Å². The summed E-state index contributed by atoms with van der Waals surface area (Å²) in [6.07, 6.45) is 8.45. The second kappa shape index (κ2) is 11.6. The van der Waals surface area contributed by atoms with E-state index in [9.17, 15) is 0 Å². The highest BCUT2D eigenvalue weighted by atomic mass is 127. The van der Waals surface area contributed by atoms with Crippen molar-refractivity contribution in [3.05, 3.63) is 66.7 Å². The molecule has 0 bridgehead atoms. The standard InChI is InChI=1S/C22H28N8.HI/c1-2-23-21(28-13-15-29(16-14-28)22-24-10-6-11-25-22)26-12-9-19-17-27-30(18-19)20-7-4-3-5-8-20;/h3-8,10-11,17-18H,2,9,12-16H2,1H3,(H,23,26);1H. The van der Waals surface area contributed by atoms with Crippen molar-refractivity contribution in [2.24, 2.45) is 4.99 Å². The molecular weight excluding hydrogens is 503 g/mol. The molecule has 1 fully saturated rings. The van der Waals surface area contributed by atoms with E-state index in [4.69, 9.17) is 4.99 Å². The number of aliphatic imine (C=N–C) groups is 1. The van der Waals surface area contributed by atoms with Crippen LogP contribution >= 0.6 is 24.0 Å². The van der Waals surface area contributed by atoms with Crippen LogP contribution in [0.2, 0.25) is 0 Å². The first-order chi connectivity index (χ1) is 14.8. The Morgan fingerprint density at radius 3 is 2.48 bits per heavy atom. The third-order valence-corrected chi connectivity index (χ3v) is 5.07. The normalized spacial score (nSPS) is 14.3. The fourth-order valence-electron chi connectivity index (χ4n) is 3.50. The number of nitrogens with one attached hydrogen (secondary N) is 1. The van der Waals surface area contributed by atoms with Crippen molar-refractivity contribution in [1.29, 1.82) is 0 Å². The summed E-state index contributed by atoms with van der Waals surface area (Å²) in [4.78, 5) is 18.1. The lowest BCUT2D eigenvalue weighted by Gasteiger charge is -2.36. The maximum Gasteiger partial charge on any atom is 0.225 e.